The van der Waals surface area contributed by atoms with E-state index in [1.807, 2.05) is 0 Å². The molecule has 9 heteroatoms. The average molecular weight is 470 g/mol. The summed E-state index contributed by atoms with van der Waals surface area (Å²) < 4.78 is 53.6. The van der Waals surface area contributed by atoms with E-state index in [1.54, 1.807) is 37.3 Å². The molecular weight excluding hydrogens is 450 g/mol. The Balaban J connectivity index is 1.65. The Bertz CT molecular complexity index is 1370. The van der Waals surface area contributed by atoms with Gasteiger partial charge in [0.25, 0.3) is 5.88 Å². The number of hydrogen-bond donors (Lipinski definition) is 1. The van der Waals surface area contributed by atoms with Crippen molar-refractivity contribution < 1.29 is 22.5 Å². The zero-order valence-corrected chi connectivity index (χ0v) is 18.7. The van der Waals surface area contributed by atoms with Gasteiger partial charge in [-0.1, -0.05) is 18.2 Å². The van der Waals surface area contributed by atoms with Crippen molar-refractivity contribution >= 4 is 22.3 Å². The van der Waals surface area contributed by atoms with Crippen molar-refractivity contribution in [2.24, 2.45) is 0 Å². The van der Waals surface area contributed by atoms with E-state index in [2.05, 4.69) is 9.71 Å². The fourth-order valence-corrected chi connectivity index (χ4v) is 3.83. The zero-order valence-electron chi connectivity index (χ0n) is 17.9. The third-order valence-electron chi connectivity index (χ3n) is 5.19. The molecule has 0 saturated heterocycles. The van der Waals surface area contributed by atoms with Crippen molar-refractivity contribution in [2.45, 2.75) is 19.9 Å². The van der Waals surface area contributed by atoms with Crippen molar-refractivity contribution in [1.82, 2.24) is 9.71 Å². The highest BCUT2D eigenvalue weighted by molar-refractivity contribution is 7.88. The molecule has 0 amide bonds. The van der Waals surface area contributed by atoms with E-state index in [1.165, 1.54) is 30.7 Å². The van der Waals surface area contributed by atoms with Crippen LogP contribution in [0.15, 0.2) is 63.9 Å². The van der Waals surface area contributed by atoms with Crippen LogP contribution in [0.3, 0.4) is 0 Å². The zero-order chi connectivity index (χ0) is 23.5. The highest BCUT2D eigenvalue weighted by atomic mass is 32.2. The van der Waals surface area contributed by atoms with Crippen LogP contribution in [0, 0.1) is 18.6 Å². The predicted molar refractivity (Wildman–Crippen MR) is 122 cm³/mol. The van der Waals surface area contributed by atoms with E-state index >= 15 is 0 Å². The molecule has 0 fully saturated rings. The third-order valence-corrected chi connectivity index (χ3v) is 5.74. The van der Waals surface area contributed by atoms with E-state index in [0.29, 0.717) is 27.6 Å². The number of aromatic nitrogens is 1. The van der Waals surface area contributed by atoms with E-state index in [9.17, 15) is 18.1 Å². The van der Waals surface area contributed by atoms with Gasteiger partial charge in [-0.3, -0.25) is 0 Å². The topological polar surface area (TPSA) is 87.4 Å². The molecule has 0 aliphatic heterocycles. The summed E-state index contributed by atoms with van der Waals surface area (Å²) in [5, 5.41) is 0.651. The van der Waals surface area contributed by atoms with Gasteiger partial charge in [-0.2, -0.15) is 0 Å². The van der Waals surface area contributed by atoms with Crippen LogP contribution in [0.2, 0.25) is 0 Å². The maximum absolute atomic E-state index is 15.0. The Kier molecular flexibility index (Phi) is 6.73. The van der Waals surface area contributed by atoms with Crippen LogP contribution >= 0.6 is 0 Å². The van der Waals surface area contributed by atoms with Crippen molar-refractivity contribution in [3.63, 3.8) is 0 Å². The van der Waals surface area contributed by atoms with E-state index in [-0.39, 0.29) is 30.2 Å². The lowest BCUT2D eigenvalue weighted by Crippen LogP contribution is -2.22. The SMILES string of the molecule is Cc1c(Cc2cccc(CN[S+](C)[O-])c2F)c(=O)oc2cc(Oc3ncccc3F)ccc12. The summed E-state index contributed by atoms with van der Waals surface area (Å²) in [6.07, 6.45) is 2.91. The van der Waals surface area contributed by atoms with Crippen LogP contribution in [-0.2, 0) is 24.3 Å². The number of hydrogen-bond acceptors (Lipinski definition) is 6. The highest BCUT2D eigenvalue weighted by Gasteiger charge is 2.17. The second kappa shape index (κ2) is 9.70. The molecule has 0 saturated carbocycles. The van der Waals surface area contributed by atoms with Gasteiger partial charge in [0, 0.05) is 46.6 Å². The molecule has 4 rings (SSSR count). The maximum atomic E-state index is 15.0. The normalized spacial score (nSPS) is 12.2. The quantitative estimate of drug-likeness (QED) is 0.315. The Morgan fingerprint density at radius 3 is 2.70 bits per heavy atom. The molecule has 33 heavy (non-hydrogen) atoms. The molecule has 2 aromatic heterocycles. The van der Waals surface area contributed by atoms with Crippen molar-refractivity contribution in [3.05, 3.63) is 99.0 Å². The molecule has 1 N–H and O–H groups in total. The minimum Gasteiger partial charge on any atom is -0.598 e. The molecule has 6 nitrogen and oxygen atoms in total. The van der Waals surface area contributed by atoms with Gasteiger partial charge in [0.15, 0.2) is 5.82 Å². The first-order valence-corrected chi connectivity index (χ1v) is 11.6. The van der Waals surface area contributed by atoms with Crippen molar-refractivity contribution in [3.8, 4) is 11.6 Å². The molecule has 0 aliphatic carbocycles. The summed E-state index contributed by atoms with van der Waals surface area (Å²) in [7, 11) is 0. The standard InChI is InChI=1S/C24H20F2N2O4S/c1-14-18-9-8-17(31-23-20(25)7-4-10-27-23)12-21(18)32-24(29)19(14)11-15-5-3-6-16(22(15)26)13-28-33(2)30/h3-10,12,28H,11,13H2,1-2H3. The van der Waals surface area contributed by atoms with Gasteiger partial charge in [-0.25, -0.2) is 18.6 Å². The minimum atomic E-state index is -1.28. The number of ether oxygens (including phenoxy) is 1. The Labute approximate surface area is 191 Å². The lowest BCUT2D eigenvalue weighted by Gasteiger charge is -2.12. The summed E-state index contributed by atoms with van der Waals surface area (Å²) in [6.45, 7) is 1.87. The number of fused-ring (bicyclic) bond motifs is 1. The summed E-state index contributed by atoms with van der Waals surface area (Å²) in [6, 6.07) is 12.4. The predicted octanol–water partition coefficient (Wildman–Crippen LogP) is 4.54. The number of nitrogens with one attached hydrogen (secondary N) is 1. The van der Waals surface area contributed by atoms with Gasteiger partial charge < -0.3 is 13.7 Å². The molecule has 170 valence electrons. The third kappa shape index (κ3) is 5.05. The molecule has 1 unspecified atom stereocenters. The van der Waals surface area contributed by atoms with Gasteiger partial charge in [0.1, 0.15) is 23.4 Å². The van der Waals surface area contributed by atoms with Gasteiger partial charge in [0.2, 0.25) is 0 Å². The fourth-order valence-electron chi connectivity index (χ4n) is 3.48. The Morgan fingerprint density at radius 2 is 1.94 bits per heavy atom. The van der Waals surface area contributed by atoms with E-state index in [0.717, 1.165) is 0 Å². The number of benzene rings is 2. The van der Waals surface area contributed by atoms with Crippen molar-refractivity contribution in [1.29, 1.82) is 0 Å². The second-order valence-electron chi connectivity index (χ2n) is 7.39. The van der Waals surface area contributed by atoms with Crippen LogP contribution in [0.4, 0.5) is 8.78 Å². The van der Waals surface area contributed by atoms with E-state index in [4.69, 9.17) is 9.15 Å². The van der Waals surface area contributed by atoms with Crippen LogP contribution in [0.25, 0.3) is 11.0 Å². The molecule has 4 aromatic rings. The number of aryl methyl sites for hydroxylation is 1. The first kappa shape index (κ1) is 22.9. The monoisotopic (exact) mass is 470 g/mol. The maximum Gasteiger partial charge on any atom is 0.340 e. The summed E-state index contributed by atoms with van der Waals surface area (Å²) in [5.74, 6) is -1.01. The smallest absolute Gasteiger partial charge is 0.340 e. The molecule has 0 spiro atoms. The first-order chi connectivity index (χ1) is 15.8. The van der Waals surface area contributed by atoms with E-state index < -0.39 is 28.6 Å². The fraction of sp³-hybridized carbons (Fsp3) is 0.167. The summed E-state index contributed by atoms with van der Waals surface area (Å²) in [4.78, 5) is 16.6. The summed E-state index contributed by atoms with van der Waals surface area (Å²) in [5.41, 5.74) is 1.33. The van der Waals surface area contributed by atoms with Gasteiger partial charge in [-0.05, 0) is 42.3 Å². The van der Waals surface area contributed by atoms with Crippen LogP contribution in [0.5, 0.6) is 11.6 Å². The van der Waals surface area contributed by atoms with Gasteiger partial charge >= 0.3 is 5.63 Å². The molecule has 0 aliphatic rings. The summed E-state index contributed by atoms with van der Waals surface area (Å²) >= 11 is -1.28. The highest BCUT2D eigenvalue weighted by Crippen LogP contribution is 2.28. The first-order valence-electron chi connectivity index (χ1n) is 10.0. The van der Waals surface area contributed by atoms with Crippen LogP contribution in [-0.4, -0.2) is 15.8 Å². The van der Waals surface area contributed by atoms with Crippen LogP contribution < -0.4 is 15.1 Å². The Hall–Kier alpha value is -3.27. The second-order valence-corrected chi connectivity index (χ2v) is 8.58. The minimum absolute atomic E-state index is 0.0381. The average Bonchev–Trinajstić information content (AvgIpc) is 2.78. The molecule has 1 atom stereocenters. The van der Waals surface area contributed by atoms with Crippen LogP contribution in [0.1, 0.15) is 22.3 Å². The number of rotatable bonds is 7. The molecule has 0 radical (unpaired) electrons. The number of pyridine rings is 1. The lowest BCUT2D eigenvalue weighted by atomic mass is 9.98. The lowest BCUT2D eigenvalue weighted by molar-refractivity contribution is 0.422. The number of nitrogens with zero attached hydrogens (tertiary/aromatic N) is 1. The Morgan fingerprint density at radius 1 is 1.15 bits per heavy atom. The molecular formula is C24H20F2N2O4S. The largest absolute Gasteiger partial charge is 0.598 e. The number of halogens is 2. The molecule has 2 heterocycles. The molecule has 2 aromatic carbocycles. The molecule has 0 bridgehead atoms. The van der Waals surface area contributed by atoms with Gasteiger partial charge in [-0.15, -0.1) is 4.72 Å². The van der Waals surface area contributed by atoms with Crippen molar-refractivity contribution in [2.75, 3.05) is 6.26 Å². The van der Waals surface area contributed by atoms with Gasteiger partial charge in [0.05, 0.1) is 6.54 Å².